The number of benzene rings is 5. The maximum Gasteiger partial charge on any atom is 0.115 e. The van der Waals surface area contributed by atoms with Gasteiger partial charge in [0.2, 0.25) is 0 Å². The largest absolute Gasteiger partial charge is 0.508 e. The van der Waals surface area contributed by atoms with Gasteiger partial charge < -0.3 is 5.11 Å². The smallest absolute Gasteiger partial charge is 0.115 e. The molecule has 2 atom stereocenters. The average Bonchev–Trinajstić information content (AvgIpc) is 3.10. The van der Waals surface area contributed by atoms with Crippen LogP contribution in [-0.4, -0.2) is 5.11 Å². The average molecular weight is 647 g/mol. The third-order valence-electron chi connectivity index (χ3n) is 11.6. The Hall–Kier alpha value is -4.10. The lowest BCUT2D eigenvalue weighted by molar-refractivity contribution is 0.191. The first-order chi connectivity index (χ1) is 23.8. The highest BCUT2D eigenvalue weighted by molar-refractivity contribution is 5.97. The SMILES string of the molecule is CC(C)(C)CCCCCCCCCCC(Cc1ccc(O)cc1)(C1C=Cc2cccc3cccc1c23)C1C=Cc2cccc3cccc1c23. The highest BCUT2D eigenvalue weighted by Gasteiger charge is 2.46. The molecule has 2 aliphatic rings. The quantitative estimate of drug-likeness (QED) is 0.119. The summed E-state index contributed by atoms with van der Waals surface area (Å²) in [6.07, 6.45) is 23.9. The Morgan fingerprint density at radius 2 is 0.959 bits per heavy atom. The fourth-order valence-corrected chi connectivity index (χ4v) is 9.18. The second-order valence-electron chi connectivity index (χ2n) is 16.2. The van der Waals surface area contributed by atoms with Gasteiger partial charge in [0.05, 0.1) is 0 Å². The first kappa shape index (κ1) is 33.4. The Morgan fingerprint density at radius 3 is 1.45 bits per heavy atom. The highest BCUT2D eigenvalue weighted by Crippen LogP contribution is 2.58. The van der Waals surface area contributed by atoms with Crippen molar-refractivity contribution in [3.05, 3.63) is 137 Å². The van der Waals surface area contributed by atoms with Crippen LogP contribution in [0, 0.1) is 10.8 Å². The number of aromatic hydroxyl groups is 1. The summed E-state index contributed by atoms with van der Waals surface area (Å²) in [5.41, 5.74) is 7.24. The predicted octanol–water partition coefficient (Wildman–Crippen LogP) is 13.8. The fourth-order valence-electron chi connectivity index (χ4n) is 9.18. The van der Waals surface area contributed by atoms with Gasteiger partial charge in [0.25, 0.3) is 0 Å². The second-order valence-corrected chi connectivity index (χ2v) is 16.2. The molecule has 2 aliphatic carbocycles. The molecular formula is C48H54O. The summed E-state index contributed by atoms with van der Waals surface area (Å²) < 4.78 is 0. The summed E-state index contributed by atoms with van der Waals surface area (Å²) in [6.45, 7) is 7.08. The number of hydrogen-bond acceptors (Lipinski definition) is 1. The molecule has 5 aromatic carbocycles. The van der Waals surface area contributed by atoms with E-state index >= 15 is 0 Å². The second kappa shape index (κ2) is 14.4. The zero-order valence-corrected chi connectivity index (χ0v) is 29.9. The van der Waals surface area contributed by atoms with Gasteiger partial charge in [-0.2, -0.15) is 0 Å². The Balaban J connectivity index is 1.24. The van der Waals surface area contributed by atoms with Crippen molar-refractivity contribution in [1.29, 1.82) is 0 Å². The number of allylic oxidation sites excluding steroid dienone is 2. The zero-order chi connectivity index (χ0) is 33.8. The van der Waals surface area contributed by atoms with Gasteiger partial charge in [-0.05, 0) is 91.6 Å². The van der Waals surface area contributed by atoms with Crippen LogP contribution in [0.1, 0.15) is 125 Å². The van der Waals surface area contributed by atoms with Gasteiger partial charge in [0.15, 0.2) is 0 Å². The molecule has 1 heteroatoms. The number of phenolic OH excluding ortho intramolecular Hbond substituents is 1. The standard InChI is InChI=1S/C48H54O/c1-47(2,3)32-10-8-6-4-5-7-9-11-33-48(34-35-24-28-40(49)29-25-35,43-30-26-38-18-12-16-36-20-14-22-41(43)45(36)38)44-31-27-39-19-13-17-37-21-15-23-42(44)46(37)39/h12-31,43-44,49H,4-11,32-34H2,1-3H3. The number of unbranched alkanes of at least 4 members (excludes halogenated alkanes) is 7. The minimum atomic E-state index is -0.0967. The van der Waals surface area contributed by atoms with Crippen LogP contribution in [-0.2, 0) is 6.42 Å². The van der Waals surface area contributed by atoms with Crippen LogP contribution in [0.5, 0.6) is 5.75 Å². The van der Waals surface area contributed by atoms with Gasteiger partial charge in [0.1, 0.15) is 5.75 Å². The molecule has 0 heterocycles. The van der Waals surface area contributed by atoms with E-state index in [0.29, 0.717) is 11.2 Å². The van der Waals surface area contributed by atoms with E-state index < -0.39 is 0 Å². The summed E-state index contributed by atoms with van der Waals surface area (Å²) in [4.78, 5) is 0. The van der Waals surface area contributed by atoms with Crippen LogP contribution in [0.2, 0.25) is 0 Å². The first-order valence-electron chi connectivity index (χ1n) is 19.0. The van der Waals surface area contributed by atoms with Crippen molar-refractivity contribution >= 4 is 33.7 Å². The van der Waals surface area contributed by atoms with Crippen LogP contribution in [0.15, 0.2) is 109 Å². The van der Waals surface area contributed by atoms with Gasteiger partial charge in [-0.25, -0.2) is 0 Å². The summed E-state index contributed by atoms with van der Waals surface area (Å²) in [6, 6.07) is 35.5. The normalized spacial score (nSPS) is 17.9. The molecule has 0 aliphatic heterocycles. The molecule has 0 radical (unpaired) electrons. The van der Waals surface area contributed by atoms with E-state index in [1.807, 2.05) is 12.1 Å². The van der Waals surface area contributed by atoms with E-state index in [-0.39, 0.29) is 17.3 Å². The van der Waals surface area contributed by atoms with Crippen molar-refractivity contribution in [3.8, 4) is 5.75 Å². The predicted molar refractivity (Wildman–Crippen MR) is 211 cm³/mol. The summed E-state index contributed by atoms with van der Waals surface area (Å²) in [7, 11) is 0. The Morgan fingerprint density at radius 1 is 0.510 bits per heavy atom. The van der Waals surface area contributed by atoms with Crippen LogP contribution in [0.25, 0.3) is 33.7 Å². The van der Waals surface area contributed by atoms with E-state index in [0.717, 1.165) is 12.8 Å². The Bertz CT molecular complexity index is 1840. The van der Waals surface area contributed by atoms with Gasteiger partial charge in [-0.1, -0.05) is 181 Å². The molecule has 1 N–H and O–H groups in total. The molecule has 2 unspecified atom stereocenters. The van der Waals surface area contributed by atoms with E-state index in [1.54, 1.807) is 0 Å². The van der Waals surface area contributed by atoms with Crippen LogP contribution < -0.4 is 0 Å². The number of rotatable bonds is 14. The maximum absolute atomic E-state index is 10.3. The van der Waals surface area contributed by atoms with Crippen molar-refractivity contribution in [1.82, 2.24) is 0 Å². The maximum atomic E-state index is 10.3. The first-order valence-corrected chi connectivity index (χ1v) is 19.0. The van der Waals surface area contributed by atoms with Crippen LogP contribution in [0.3, 0.4) is 0 Å². The third kappa shape index (κ3) is 7.14. The molecule has 5 aromatic rings. The van der Waals surface area contributed by atoms with Gasteiger partial charge in [0, 0.05) is 11.8 Å². The molecule has 0 amide bonds. The molecule has 0 spiro atoms. The molecule has 7 rings (SSSR count). The van der Waals surface area contributed by atoms with Crippen molar-refractivity contribution in [2.24, 2.45) is 10.8 Å². The number of phenols is 1. The zero-order valence-electron chi connectivity index (χ0n) is 29.9. The molecule has 0 aromatic heterocycles. The topological polar surface area (TPSA) is 20.2 Å². The Labute approximate surface area is 294 Å². The molecular weight excluding hydrogens is 593 g/mol. The lowest BCUT2D eigenvalue weighted by Gasteiger charge is -2.48. The Kier molecular flexibility index (Phi) is 9.82. The molecule has 49 heavy (non-hydrogen) atoms. The molecule has 0 saturated carbocycles. The van der Waals surface area contributed by atoms with E-state index in [2.05, 4.69) is 130 Å². The molecule has 0 bridgehead atoms. The molecule has 1 nitrogen and oxygen atoms in total. The molecule has 0 saturated heterocycles. The van der Waals surface area contributed by atoms with Crippen molar-refractivity contribution in [2.45, 2.75) is 103 Å². The lowest BCUT2D eigenvalue weighted by atomic mass is 9.55. The third-order valence-corrected chi connectivity index (χ3v) is 11.6. The minimum absolute atomic E-state index is 0.0967. The summed E-state index contributed by atoms with van der Waals surface area (Å²) >= 11 is 0. The molecule has 0 fully saturated rings. The molecule has 252 valence electrons. The van der Waals surface area contributed by atoms with E-state index in [1.165, 1.54) is 107 Å². The summed E-state index contributed by atoms with van der Waals surface area (Å²) in [5, 5.41) is 15.8. The van der Waals surface area contributed by atoms with E-state index in [4.69, 9.17) is 0 Å². The highest BCUT2D eigenvalue weighted by atomic mass is 16.3. The van der Waals surface area contributed by atoms with Crippen LogP contribution in [0.4, 0.5) is 0 Å². The van der Waals surface area contributed by atoms with Crippen LogP contribution >= 0.6 is 0 Å². The van der Waals surface area contributed by atoms with Crippen molar-refractivity contribution in [2.75, 3.05) is 0 Å². The van der Waals surface area contributed by atoms with E-state index in [9.17, 15) is 5.11 Å². The number of hydrogen-bond donors (Lipinski definition) is 1. The summed E-state index contributed by atoms with van der Waals surface area (Å²) in [5.74, 6) is 0.830. The minimum Gasteiger partial charge on any atom is -0.508 e. The van der Waals surface area contributed by atoms with Gasteiger partial charge in [-0.3, -0.25) is 0 Å². The van der Waals surface area contributed by atoms with Crippen molar-refractivity contribution < 1.29 is 5.11 Å². The fraction of sp³-hybridized carbons (Fsp3) is 0.375. The van der Waals surface area contributed by atoms with Gasteiger partial charge in [-0.15, -0.1) is 0 Å². The lowest BCUT2D eigenvalue weighted by Crippen LogP contribution is -2.38. The van der Waals surface area contributed by atoms with Gasteiger partial charge >= 0.3 is 0 Å². The monoisotopic (exact) mass is 646 g/mol. The van der Waals surface area contributed by atoms with Crippen molar-refractivity contribution in [3.63, 3.8) is 0 Å².